The van der Waals surface area contributed by atoms with Gasteiger partial charge in [-0.1, -0.05) is 56.1 Å². The molecule has 2 heterocycles. The van der Waals surface area contributed by atoms with E-state index in [-0.39, 0.29) is 17.1 Å². The number of hydrogen-bond acceptors (Lipinski definition) is 2. The third kappa shape index (κ3) is 5.72. The van der Waals surface area contributed by atoms with E-state index in [1.807, 2.05) is 17.0 Å². The van der Waals surface area contributed by atoms with Gasteiger partial charge in [0.1, 0.15) is 5.82 Å². The first-order chi connectivity index (χ1) is 15.6. The van der Waals surface area contributed by atoms with Crippen molar-refractivity contribution in [1.82, 2.24) is 9.80 Å². The summed E-state index contributed by atoms with van der Waals surface area (Å²) in [6.07, 6.45) is 2.18. The lowest BCUT2D eigenvalue weighted by molar-refractivity contribution is 0.0775. The molecule has 33 heavy (non-hydrogen) atoms. The van der Waals surface area contributed by atoms with E-state index in [0.717, 1.165) is 45.6 Å². The van der Waals surface area contributed by atoms with E-state index in [4.69, 9.17) is 23.2 Å². The Morgan fingerprint density at radius 2 is 1.67 bits per heavy atom. The van der Waals surface area contributed by atoms with Crippen LogP contribution in [0.15, 0.2) is 42.5 Å². The van der Waals surface area contributed by atoms with Gasteiger partial charge < -0.3 is 9.80 Å². The number of likely N-dealkylation sites (tertiary alicyclic amines) is 2. The van der Waals surface area contributed by atoms with Crippen molar-refractivity contribution >= 4 is 29.1 Å². The summed E-state index contributed by atoms with van der Waals surface area (Å²) in [5.41, 5.74) is 1.95. The molecule has 3 nitrogen and oxygen atoms in total. The molecule has 4 rings (SSSR count). The fourth-order valence-corrected chi connectivity index (χ4v) is 5.83. The van der Waals surface area contributed by atoms with E-state index >= 15 is 0 Å². The Labute approximate surface area is 206 Å². The van der Waals surface area contributed by atoms with Crippen LogP contribution in [0.2, 0.25) is 10.0 Å². The lowest BCUT2D eigenvalue weighted by atomic mass is 9.74. The summed E-state index contributed by atoms with van der Waals surface area (Å²) in [7, 11) is 0. The van der Waals surface area contributed by atoms with Gasteiger partial charge in [0.2, 0.25) is 0 Å². The van der Waals surface area contributed by atoms with Crippen molar-refractivity contribution < 1.29 is 9.18 Å². The number of carbonyl (C=O) groups is 1. The van der Waals surface area contributed by atoms with Gasteiger partial charge in [0, 0.05) is 25.2 Å². The first-order valence-electron chi connectivity index (χ1n) is 11.8. The quantitative estimate of drug-likeness (QED) is 0.473. The highest BCUT2D eigenvalue weighted by Crippen LogP contribution is 2.40. The molecule has 0 saturated carbocycles. The Morgan fingerprint density at radius 3 is 2.27 bits per heavy atom. The highest BCUT2D eigenvalue weighted by molar-refractivity contribution is 6.42. The van der Waals surface area contributed by atoms with Gasteiger partial charge in [-0.05, 0) is 85.0 Å². The molecule has 6 heteroatoms. The smallest absolute Gasteiger partial charge is 0.253 e. The Morgan fingerprint density at radius 1 is 1.00 bits per heavy atom. The van der Waals surface area contributed by atoms with Gasteiger partial charge in [-0.25, -0.2) is 4.39 Å². The van der Waals surface area contributed by atoms with Crippen molar-refractivity contribution in [2.24, 2.45) is 17.3 Å². The second kappa shape index (κ2) is 9.93. The average Bonchev–Trinajstić information content (AvgIpc) is 3.21. The number of nitrogens with zero attached hydrogens (tertiary/aromatic N) is 2. The maximum Gasteiger partial charge on any atom is 0.253 e. The van der Waals surface area contributed by atoms with Crippen LogP contribution in [-0.2, 0) is 0 Å². The minimum Gasteiger partial charge on any atom is -0.338 e. The predicted molar refractivity (Wildman–Crippen MR) is 134 cm³/mol. The van der Waals surface area contributed by atoms with Crippen LogP contribution in [0.25, 0.3) is 0 Å². The molecule has 1 amide bonds. The van der Waals surface area contributed by atoms with Crippen LogP contribution in [0.5, 0.6) is 0 Å². The van der Waals surface area contributed by atoms with Crippen molar-refractivity contribution in [2.45, 2.75) is 39.5 Å². The lowest BCUT2D eigenvalue weighted by Gasteiger charge is -2.37. The number of halogens is 3. The number of hydrogen-bond donors (Lipinski definition) is 0. The van der Waals surface area contributed by atoms with Crippen molar-refractivity contribution in [2.75, 3.05) is 32.7 Å². The Balaban J connectivity index is 1.40. The minimum absolute atomic E-state index is 0.0281. The zero-order valence-electron chi connectivity index (χ0n) is 19.7. The van der Waals surface area contributed by atoms with Crippen LogP contribution >= 0.6 is 23.2 Å². The molecular formula is C27H33Cl2FN2O. The molecule has 2 aliphatic rings. The van der Waals surface area contributed by atoms with Crippen LogP contribution in [-0.4, -0.2) is 48.4 Å². The summed E-state index contributed by atoms with van der Waals surface area (Å²) in [6, 6.07) is 12.1. The van der Waals surface area contributed by atoms with Crippen LogP contribution < -0.4 is 0 Å². The molecular weight excluding hydrogens is 458 g/mol. The van der Waals surface area contributed by atoms with Gasteiger partial charge in [-0.15, -0.1) is 0 Å². The monoisotopic (exact) mass is 490 g/mol. The minimum atomic E-state index is -0.175. The number of carbonyl (C=O) groups excluding carboxylic acids is 1. The largest absolute Gasteiger partial charge is 0.338 e. The topological polar surface area (TPSA) is 23.6 Å². The van der Waals surface area contributed by atoms with Crippen LogP contribution in [0.4, 0.5) is 4.39 Å². The van der Waals surface area contributed by atoms with Gasteiger partial charge in [-0.3, -0.25) is 4.79 Å². The summed E-state index contributed by atoms with van der Waals surface area (Å²) in [5.74, 6) is 1.21. The van der Waals surface area contributed by atoms with Crippen LogP contribution in [0.3, 0.4) is 0 Å². The summed E-state index contributed by atoms with van der Waals surface area (Å²) >= 11 is 12.2. The third-order valence-electron chi connectivity index (χ3n) is 7.43. The lowest BCUT2D eigenvalue weighted by Crippen LogP contribution is -2.40. The molecule has 2 fully saturated rings. The molecule has 2 aromatic rings. The van der Waals surface area contributed by atoms with Gasteiger partial charge in [0.15, 0.2) is 0 Å². The number of piperidine rings is 1. The standard InChI is InChI=1S/C27H33Cl2FN2O/c1-27(2,3)23-17-32(26(33)20-6-9-24(28)25(29)14-20)16-21(23)15-31-12-10-19(11-13-31)18-4-7-22(30)8-5-18/h4-9,14,19,21,23H,10-13,15-17H2,1-3H3/t21?,23-/m1/s1. The first-order valence-corrected chi connectivity index (χ1v) is 12.6. The highest BCUT2D eigenvalue weighted by Gasteiger charge is 2.42. The molecule has 178 valence electrons. The molecule has 2 aliphatic heterocycles. The molecule has 0 aliphatic carbocycles. The van der Waals surface area contributed by atoms with Gasteiger partial charge in [0.05, 0.1) is 10.0 Å². The number of amides is 1. The van der Waals surface area contributed by atoms with Crippen molar-refractivity contribution in [3.8, 4) is 0 Å². The number of benzene rings is 2. The van der Waals surface area contributed by atoms with Crippen molar-refractivity contribution in [1.29, 1.82) is 0 Å². The third-order valence-corrected chi connectivity index (χ3v) is 8.17. The molecule has 0 N–H and O–H groups in total. The van der Waals surface area contributed by atoms with E-state index < -0.39 is 0 Å². The van der Waals surface area contributed by atoms with Gasteiger partial charge >= 0.3 is 0 Å². The van der Waals surface area contributed by atoms with E-state index in [1.54, 1.807) is 30.3 Å². The highest BCUT2D eigenvalue weighted by atomic mass is 35.5. The summed E-state index contributed by atoms with van der Waals surface area (Å²) in [5, 5.41) is 0.874. The fourth-order valence-electron chi connectivity index (χ4n) is 5.53. The zero-order chi connectivity index (χ0) is 23.8. The molecule has 0 bridgehead atoms. The maximum absolute atomic E-state index is 13.3. The van der Waals surface area contributed by atoms with Crippen molar-refractivity contribution in [3.63, 3.8) is 0 Å². The van der Waals surface area contributed by atoms with E-state index in [1.165, 1.54) is 5.56 Å². The summed E-state index contributed by atoms with van der Waals surface area (Å²) in [4.78, 5) is 17.8. The summed E-state index contributed by atoms with van der Waals surface area (Å²) in [6.45, 7) is 11.4. The zero-order valence-corrected chi connectivity index (χ0v) is 21.2. The van der Waals surface area contributed by atoms with E-state index in [9.17, 15) is 9.18 Å². The second-order valence-electron chi connectivity index (χ2n) is 10.7. The average molecular weight is 491 g/mol. The van der Waals surface area contributed by atoms with Gasteiger partial charge in [0.25, 0.3) is 5.91 Å². The Bertz CT molecular complexity index is 981. The molecule has 2 atom stereocenters. The van der Waals surface area contributed by atoms with E-state index in [0.29, 0.717) is 33.4 Å². The predicted octanol–water partition coefficient (Wildman–Crippen LogP) is 6.75. The molecule has 0 aromatic heterocycles. The van der Waals surface area contributed by atoms with Gasteiger partial charge in [-0.2, -0.15) is 0 Å². The van der Waals surface area contributed by atoms with Crippen molar-refractivity contribution in [3.05, 3.63) is 69.5 Å². The van der Waals surface area contributed by atoms with E-state index in [2.05, 4.69) is 25.7 Å². The molecule has 1 unspecified atom stereocenters. The fraction of sp³-hybridized carbons (Fsp3) is 0.519. The summed E-state index contributed by atoms with van der Waals surface area (Å²) < 4.78 is 13.3. The van der Waals surface area contributed by atoms with Crippen LogP contribution in [0.1, 0.15) is 55.5 Å². The SMILES string of the molecule is CC(C)(C)[C@@H]1CN(C(=O)c2ccc(Cl)c(Cl)c2)CC1CN1CCC(c2ccc(F)cc2)CC1. The molecule has 2 aromatic carbocycles. The molecule has 0 radical (unpaired) electrons. The Kier molecular flexibility index (Phi) is 7.38. The maximum atomic E-state index is 13.3. The first kappa shape index (κ1) is 24.5. The molecule has 2 saturated heterocycles. The Hall–Kier alpha value is -1.62. The molecule has 0 spiro atoms. The van der Waals surface area contributed by atoms with Crippen LogP contribution in [0, 0.1) is 23.1 Å². The normalized spacial score (nSPS) is 22.7. The second-order valence-corrected chi connectivity index (χ2v) is 11.5. The number of rotatable bonds is 4.